The molecule has 4 rings (SSSR count). The number of aromatic nitrogens is 2. The summed E-state index contributed by atoms with van der Waals surface area (Å²) in [4.78, 5) is 12.6. The molecule has 0 saturated heterocycles. The predicted molar refractivity (Wildman–Crippen MR) is 96.7 cm³/mol. The highest BCUT2D eigenvalue weighted by Crippen LogP contribution is 2.34. The molecule has 0 aliphatic heterocycles. The van der Waals surface area contributed by atoms with Crippen LogP contribution < -0.4 is 4.74 Å². The normalized spacial score (nSPS) is 16.6. The molecular weight excluding hydrogens is 312 g/mol. The van der Waals surface area contributed by atoms with Crippen LogP contribution in [-0.4, -0.2) is 22.7 Å². The second kappa shape index (κ2) is 6.20. The number of hydrogen-bond acceptors (Lipinski definition) is 3. The van der Waals surface area contributed by atoms with Crippen LogP contribution in [0.5, 0.6) is 5.75 Å². The number of hydrogen-bond donors (Lipinski definition) is 0. The minimum absolute atomic E-state index is 0.174. The van der Waals surface area contributed by atoms with Gasteiger partial charge in [0.1, 0.15) is 5.75 Å². The second-order valence-corrected chi connectivity index (χ2v) is 6.56. The number of aryl methyl sites for hydroxylation is 1. The topological polar surface area (TPSA) is 44.1 Å². The van der Waals surface area contributed by atoms with Crippen molar-refractivity contribution in [2.75, 3.05) is 7.11 Å². The average Bonchev–Trinajstić information content (AvgIpc) is 3.06. The minimum atomic E-state index is 0.174. The number of nitrogens with zero attached hydrogens (tertiary/aromatic N) is 2. The molecular formula is C21H20N2O2. The highest BCUT2D eigenvalue weighted by atomic mass is 16.5. The summed E-state index contributed by atoms with van der Waals surface area (Å²) < 4.78 is 7.10. The number of Topliss-reactive ketones (excluding diaryl/α,β-unsaturated/α-hetero) is 1. The van der Waals surface area contributed by atoms with E-state index >= 15 is 0 Å². The molecule has 1 aliphatic carbocycles. The zero-order chi connectivity index (χ0) is 17.4. The van der Waals surface area contributed by atoms with E-state index < -0.39 is 0 Å². The molecule has 1 heterocycles. The molecule has 0 saturated carbocycles. The van der Waals surface area contributed by atoms with Crippen molar-refractivity contribution in [3.05, 3.63) is 77.1 Å². The zero-order valence-corrected chi connectivity index (χ0v) is 14.4. The van der Waals surface area contributed by atoms with Gasteiger partial charge in [-0.2, -0.15) is 5.10 Å². The molecule has 3 aromatic rings. The third kappa shape index (κ3) is 2.84. The van der Waals surface area contributed by atoms with Gasteiger partial charge in [0.15, 0.2) is 5.78 Å². The summed E-state index contributed by atoms with van der Waals surface area (Å²) in [5.74, 6) is 1.18. The number of ketones is 1. The van der Waals surface area contributed by atoms with Gasteiger partial charge in [0, 0.05) is 6.42 Å². The van der Waals surface area contributed by atoms with E-state index in [0.717, 1.165) is 29.1 Å². The van der Waals surface area contributed by atoms with Gasteiger partial charge in [-0.15, -0.1) is 0 Å². The van der Waals surface area contributed by atoms with Crippen molar-refractivity contribution in [3.8, 4) is 11.4 Å². The van der Waals surface area contributed by atoms with Gasteiger partial charge in [-0.05, 0) is 49.1 Å². The fourth-order valence-electron chi connectivity index (χ4n) is 3.55. The van der Waals surface area contributed by atoms with E-state index in [2.05, 4.69) is 36.3 Å². The molecule has 0 bridgehead atoms. The monoisotopic (exact) mass is 332 g/mol. The van der Waals surface area contributed by atoms with Gasteiger partial charge in [0.25, 0.3) is 0 Å². The van der Waals surface area contributed by atoms with E-state index in [0.29, 0.717) is 6.42 Å². The number of rotatable bonds is 3. The van der Waals surface area contributed by atoms with E-state index in [1.54, 1.807) is 13.3 Å². The lowest BCUT2D eigenvalue weighted by molar-refractivity contribution is 0.0963. The second-order valence-electron chi connectivity index (χ2n) is 6.56. The molecule has 0 radical (unpaired) electrons. The summed E-state index contributed by atoms with van der Waals surface area (Å²) in [5.41, 5.74) is 5.13. The van der Waals surface area contributed by atoms with Crippen molar-refractivity contribution in [3.63, 3.8) is 0 Å². The maximum Gasteiger partial charge on any atom is 0.166 e. The summed E-state index contributed by atoms with van der Waals surface area (Å²) in [6, 6.07) is 16.2. The van der Waals surface area contributed by atoms with Crippen molar-refractivity contribution >= 4 is 5.78 Å². The summed E-state index contributed by atoms with van der Waals surface area (Å²) in [6.45, 7) is 2.08. The quantitative estimate of drug-likeness (QED) is 0.725. The van der Waals surface area contributed by atoms with Crippen LogP contribution >= 0.6 is 0 Å². The predicted octanol–water partition coefficient (Wildman–Crippen LogP) is 4.10. The van der Waals surface area contributed by atoms with Gasteiger partial charge in [-0.25, -0.2) is 4.68 Å². The third-order valence-electron chi connectivity index (χ3n) is 4.87. The first kappa shape index (κ1) is 15.6. The van der Waals surface area contributed by atoms with Crippen LogP contribution in [0, 0.1) is 6.92 Å². The Balaban J connectivity index is 1.72. The Morgan fingerprint density at radius 2 is 1.92 bits per heavy atom. The first-order valence-corrected chi connectivity index (χ1v) is 8.47. The average molecular weight is 332 g/mol. The number of ether oxygens (including phenoxy) is 1. The highest BCUT2D eigenvalue weighted by Gasteiger charge is 2.30. The SMILES string of the molecule is COc1ccc(-n2ncc3c2C[C@@H](c2cccc(C)c2)CC3=O)cc1. The lowest BCUT2D eigenvalue weighted by atomic mass is 9.82. The summed E-state index contributed by atoms with van der Waals surface area (Å²) in [7, 11) is 1.65. The number of carbonyl (C=O) groups excluding carboxylic acids is 1. The Labute approximate surface area is 147 Å². The molecule has 1 aliphatic rings. The molecule has 25 heavy (non-hydrogen) atoms. The Kier molecular flexibility index (Phi) is 3.88. The third-order valence-corrected chi connectivity index (χ3v) is 4.87. The number of benzene rings is 2. The van der Waals surface area contributed by atoms with Crippen molar-refractivity contribution in [2.24, 2.45) is 0 Å². The van der Waals surface area contributed by atoms with E-state index in [4.69, 9.17) is 4.74 Å². The fraction of sp³-hybridized carbons (Fsp3) is 0.238. The molecule has 0 amide bonds. The summed E-state index contributed by atoms with van der Waals surface area (Å²) in [6.07, 6.45) is 3.07. The Bertz CT molecular complexity index is 925. The van der Waals surface area contributed by atoms with Gasteiger partial charge in [-0.3, -0.25) is 4.79 Å². The van der Waals surface area contributed by atoms with Gasteiger partial charge >= 0.3 is 0 Å². The van der Waals surface area contributed by atoms with Crippen molar-refractivity contribution < 1.29 is 9.53 Å². The summed E-state index contributed by atoms with van der Waals surface area (Å²) in [5, 5.41) is 4.47. The molecule has 4 heteroatoms. The fourth-order valence-corrected chi connectivity index (χ4v) is 3.55. The molecule has 1 atom stereocenters. The molecule has 0 unspecified atom stereocenters. The molecule has 126 valence electrons. The van der Waals surface area contributed by atoms with Crippen LogP contribution in [-0.2, 0) is 6.42 Å². The molecule has 2 aromatic carbocycles. The first-order chi connectivity index (χ1) is 12.2. The Morgan fingerprint density at radius 1 is 1.12 bits per heavy atom. The molecule has 0 fully saturated rings. The standard InChI is InChI=1S/C21H20N2O2/c1-14-4-3-5-15(10-14)16-11-20-19(21(24)12-16)13-22-23(20)17-6-8-18(25-2)9-7-17/h3-10,13,16H,11-12H2,1-2H3/t16-/m1/s1. The highest BCUT2D eigenvalue weighted by molar-refractivity contribution is 5.98. The first-order valence-electron chi connectivity index (χ1n) is 8.47. The van der Waals surface area contributed by atoms with Crippen molar-refractivity contribution in [1.29, 1.82) is 0 Å². The van der Waals surface area contributed by atoms with Gasteiger partial charge in [0.05, 0.1) is 30.3 Å². The van der Waals surface area contributed by atoms with E-state index in [1.165, 1.54) is 11.1 Å². The number of methoxy groups -OCH3 is 1. The lowest BCUT2D eigenvalue weighted by Crippen LogP contribution is -2.20. The Hall–Kier alpha value is -2.88. The van der Waals surface area contributed by atoms with Gasteiger partial charge in [0.2, 0.25) is 0 Å². The summed E-state index contributed by atoms with van der Waals surface area (Å²) >= 11 is 0. The van der Waals surface area contributed by atoms with Crippen LogP contribution in [0.3, 0.4) is 0 Å². The van der Waals surface area contributed by atoms with Crippen LogP contribution in [0.15, 0.2) is 54.7 Å². The van der Waals surface area contributed by atoms with E-state index in [1.807, 2.05) is 28.9 Å². The molecule has 1 aromatic heterocycles. The number of fused-ring (bicyclic) bond motifs is 1. The van der Waals surface area contributed by atoms with Crippen LogP contribution in [0.1, 0.15) is 39.5 Å². The van der Waals surface area contributed by atoms with E-state index in [-0.39, 0.29) is 11.7 Å². The lowest BCUT2D eigenvalue weighted by Gasteiger charge is -2.23. The van der Waals surface area contributed by atoms with Crippen molar-refractivity contribution in [1.82, 2.24) is 9.78 Å². The van der Waals surface area contributed by atoms with Gasteiger partial charge < -0.3 is 4.74 Å². The number of carbonyl (C=O) groups is 1. The zero-order valence-electron chi connectivity index (χ0n) is 14.4. The maximum atomic E-state index is 12.6. The maximum absolute atomic E-state index is 12.6. The van der Waals surface area contributed by atoms with Crippen LogP contribution in [0.4, 0.5) is 0 Å². The van der Waals surface area contributed by atoms with E-state index in [9.17, 15) is 4.79 Å². The van der Waals surface area contributed by atoms with Crippen LogP contribution in [0.2, 0.25) is 0 Å². The van der Waals surface area contributed by atoms with Crippen LogP contribution in [0.25, 0.3) is 5.69 Å². The minimum Gasteiger partial charge on any atom is -0.497 e. The smallest absolute Gasteiger partial charge is 0.166 e. The molecule has 0 spiro atoms. The largest absolute Gasteiger partial charge is 0.497 e. The molecule has 4 nitrogen and oxygen atoms in total. The Morgan fingerprint density at radius 3 is 2.64 bits per heavy atom. The van der Waals surface area contributed by atoms with Crippen molar-refractivity contribution in [2.45, 2.75) is 25.7 Å². The molecule has 0 N–H and O–H groups in total. The van der Waals surface area contributed by atoms with Gasteiger partial charge in [-0.1, -0.05) is 29.8 Å².